The Morgan fingerprint density at radius 1 is 1.39 bits per heavy atom. The van der Waals surface area contributed by atoms with Crippen LogP contribution in [0.1, 0.15) is 26.2 Å². The van der Waals surface area contributed by atoms with Crippen LogP contribution in [-0.4, -0.2) is 63.4 Å². The molecule has 0 aromatic carbocycles. The van der Waals surface area contributed by atoms with Crippen LogP contribution in [0.5, 0.6) is 0 Å². The maximum absolute atomic E-state index is 12.1. The smallest absolute Gasteiger partial charge is 0.225 e. The van der Waals surface area contributed by atoms with E-state index >= 15 is 0 Å². The van der Waals surface area contributed by atoms with Crippen LogP contribution in [-0.2, 0) is 14.3 Å². The number of rotatable bonds is 9. The molecule has 1 amide bonds. The maximum atomic E-state index is 12.1. The van der Waals surface area contributed by atoms with E-state index in [0.29, 0.717) is 32.3 Å². The molecule has 1 aliphatic heterocycles. The van der Waals surface area contributed by atoms with Gasteiger partial charge in [-0.1, -0.05) is 6.92 Å². The molecule has 1 N–H and O–H groups in total. The van der Waals surface area contributed by atoms with Gasteiger partial charge in [0.05, 0.1) is 26.2 Å². The van der Waals surface area contributed by atoms with Gasteiger partial charge in [-0.05, 0) is 19.4 Å². The second kappa shape index (κ2) is 9.30. The summed E-state index contributed by atoms with van der Waals surface area (Å²) in [7, 11) is 1.64. The van der Waals surface area contributed by atoms with E-state index in [9.17, 15) is 4.79 Å². The van der Waals surface area contributed by atoms with Crippen molar-refractivity contribution in [2.45, 2.75) is 32.2 Å². The molecule has 106 valence electrons. The van der Waals surface area contributed by atoms with Crippen LogP contribution in [0.3, 0.4) is 0 Å². The van der Waals surface area contributed by atoms with Gasteiger partial charge in [0.1, 0.15) is 0 Å². The first-order valence-electron chi connectivity index (χ1n) is 6.86. The molecular weight excluding hydrogens is 232 g/mol. The monoisotopic (exact) mass is 258 g/mol. The lowest BCUT2D eigenvalue weighted by Gasteiger charge is -2.28. The average molecular weight is 258 g/mol. The van der Waals surface area contributed by atoms with Crippen LogP contribution in [0, 0.1) is 0 Å². The summed E-state index contributed by atoms with van der Waals surface area (Å²) in [6.45, 7) is 6.53. The Labute approximate surface area is 110 Å². The van der Waals surface area contributed by atoms with Crippen LogP contribution in [0.15, 0.2) is 0 Å². The number of nitrogens with one attached hydrogen (secondary N) is 1. The Hall–Kier alpha value is -0.650. The van der Waals surface area contributed by atoms with Crippen molar-refractivity contribution < 1.29 is 14.3 Å². The van der Waals surface area contributed by atoms with Gasteiger partial charge < -0.3 is 19.7 Å². The number of carbonyl (C=O) groups is 1. The molecule has 0 saturated carbocycles. The zero-order valence-corrected chi connectivity index (χ0v) is 11.6. The first-order chi connectivity index (χ1) is 8.79. The third-order valence-electron chi connectivity index (χ3n) is 3.15. The van der Waals surface area contributed by atoms with Crippen molar-refractivity contribution in [2.75, 3.05) is 46.6 Å². The zero-order valence-electron chi connectivity index (χ0n) is 11.6. The lowest BCUT2D eigenvalue weighted by molar-refractivity contribution is -0.134. The molecular formula is C13H26N2O3. The van der Waals surface area contributed by atoms with E-state index in [1.54, 1.807) is 7.11 Å². The highest BCUT2D eigenvalue weighted by molar-refractivity contribution is 5.76. The molecule has 0 bridgehead atoms. The molecule has 1 heterocycles. The van der Waals surface area contributed by atoms with Crippen molar-refractivity contribution in [2.24, 2.45) is 0 Å². The molecule has 0 radical (unpaired) electrons. The number of ether oxygens (including phenoxy) is 2. The third kappa shape index (κ3) is 5.33. The summed E-state index contributed by atoms with van der Waals surface area (Å²) in [5.41, 5.74) is 0. The number of nitrogens with zero attached hydrogens (tertiary/aromatic N) is 1. The molecule has 1 atom stereocenters. The van der Waals surface area contributed by atoms with Gasteiger partial charge in [-0.3, -0.25) is 4.79 Å². The van der Waals surface area contributed by atoms with Crippen LogP contribution in [0.4, 0.5) is 0 Å². The van der Waals surface area contributed by atoms with E-state index in [1.165, 1.54) is 0 Å². The second-order valence-electron chi connectivity index (χ2n) is 4.59. The fourth-order valence-corrected chi connectivity index (χ4v) is 2.20. The van der Waals surface area contributed by atoms with Crippen molar-refractivity contribution in [1.29, 1.82) is 0 Å². The van der Waals surface area contributed by atoms with Gasteiger partial charge in [0.25, 0.3) is 0 Å². The quantitative estimate of drug-likeness (QED) is 0.617. The maximum Gasteiger partial charge on any atom is 0.225 e. The SMILES string of the molecule is CCCN(C(=O)CCOCCOC)C1CCNC1. The summed E-state index contributed by atoms with van der Waals surface area (Å²) < 4.78 is 10.2. The Morgan fingerprint density at radius 3 is 2.83 bits per heavy atom. The Kier molecular flexibility index (Phi) is 7.96. The van der Waals surface area contributed by atoms with Crippen molar-refractivity contribution in [1.82, 2.24) is 10.2 Å². The van der Waals surface area contributed by atoms with Crippen LogP contribution in [0.2, 0.25) is 0 Å². The minimum atomic E-state index is 0.211. The normalized spacial score (nSPS) is 19.1. The largest absolute Gasteiger partial charge is 0.382 e. The number of methoxy groups -OCH3 is 1. The van der Waals surface area contributed by atoms with Gasteiger partial charge >= 0.3 is 0 Å². The fourth-order valence-electron chi connectivity index (χ4n) is 2.20. The van der Waals surface area contributed by atoms with Crippen LogP contribution in [0.25, 0.3) is 0 Å². The number of amides is 1. The van der Waals surface area contributed by atoms with E-state index in [0.717, 1.165) is 32.5 Å². The predicted molar refractivity (Wildman–Crippen MR) is 70.6 cm³/mol. The molecule has 18 heavy (non-hydrogen) atoms. The lowest BCUT2D eigenvalue weighted by atomic mass is 10.2. The Balaban J connectivity index is 2.25. The molecule has 0 aromatic rings. The van der Waals surface area contributed by atoms with Gasteiger partial charge in [-0.25, -0.2) is 0 Å². The van der Waals surface area contributed by atoms with Crippen molar-refractivity contribution in [3.05, 3.63) is 0 Å². The number of carbonyl (C=O) groups excluding carboxylic acids is 1. The minimum absolute atomic E-state index is 0.211. The summed E-state index contributed by atoms with van der Waals surface area (Å²) >= 11 is 0. The van der Waals surface area contributed by atoms with Crippen molar-refractivity contribution >= 4 is 5.91 Å². The molecule has 1 fully saturated rings. The molecule has 1 aliphatic rings. The predicted octanol–water partition coefficient (Wildman–Crippen LogP) is 0.640. The standard InChI is InChI=1S/C13H26N2O3/c1-3-7-15(12-4-6-14-11-12)13(16)5-8-18-10-9-17-2/h12,14H,3-11H2,1-2H3. The minimum Gasteiger partial charge on any atom is -0.382 e. The molecule has 1 saturated heterocycles. The van der Waals surface area contributed by atoms with Gasteiger partial charge in [0.2, 0.25) is 5.91 Å². The summed E-state index contributed by atoms with van der Waals surface area (Å²) in [5.74, 6) is 0.211. The summed E-state index contributed by atoms with van der Waals surface area (Å²) in [4.78, 5) is 14.2. The lowest BCUT2D eigenvalue weighted by Crippen LogP contribution is -2.42. The van der Waals surface area contributed by atoms with Gasteiger partial charge in [0, 0.05) is 26.2 Å². The topological polar surface area (TPSA) is 50.8 Å². The molecule has 0 spiro atoms. The van der Waals surface area contributed by atoms with Crippen LogP contribution >= 0.6 is 0 Å². The van der Waals surface area contributed by atoms with E-state index in [1.807, 2.05) is 4.90 Å². The summed E-state index contributed by atoms with van der Waals surface area (Å²) in [6.07, 6.45) is 2.54. The van der Waals surface area contributed by atoms with Crippen LogP contribution < -0.4 is 5.32 Å². The highest BCUT2D eigenvalue weighted by atomic mass is 16.5. The third-order valence-corrected chi connectivity index (χ3v) is 3.15. The first kappa shape index (κ1) is 15.4. The van der Waals surface area contributed by atoms with Gasteiger partial charge in [0.15, 0.2) is 0 Å². The Morgan fingerprint density at radius 2 is 2.22 bits per heavy atom. The van der Waals surface area contributed by atoms with E-state index in [-0.39, 0.29) is 5.91 Å². The molecule has 1 rings (SSSR count). The zero-order chi connectivity index (χ0) is 13.2. The highest BCUT2D eigenvalue weighted by Gasteiger charge is 2.25. The molecule has 0 aliphatic carbocycles. The van der Waals surface area contributed by atoms with Crippen molar-refractivity contribution in [3.8, 4) is 0 Å². The van der Waals surface area contributed by atoms with Crippen molar-refractivity contribution in [3.63, 3.8) is 0 Å². The molecule has 5 nitrogen and oxygen atoms in total. The second-order valence-corrected chi connectivity index (χ2v) is 4.59. The number of hydrogen-bond acceptors (Lipinski definition) is 4. The Bertz CT molecular complexity index is 230. The average Bonchev–Trinajstić information content (AvgIpc) is 2.89. The first-order valence-corrected chi connectivity index (χ1v) is 6.86. The van der Waals surface area contributed by atoms with Gasteiger partial charge in [-0.15, -0.1) is 0 Å². The molecule has 5 heteroatoms. The summed E-state index contributed by atoms with van der Waals surface area (Å²) in [6, 6.07) is 0.372. The van der Waals surface area contributed by atoms with Gasteiger partial charge in [-0.2, -0.15) is 0 Å². The van der Waals surface area contributed by atoms with E-state index < -0.39 is 0 Å². The van der Waals surface area contributed by atoms with E-state index in [4.69, 9.17) is 9.47 Å². The molecule has 1 unspecified atom stereocenters. The fraction of sp³-hybridized carbons (Fsp3) is 0.923. The highest BCUT2D eigenvalue weighted by Crippen LogP contribution is 2.11. The van der Waals surface area contributed by atoms with E-state index in [2.05, 4.69) is 12.2 Å². The molecule has 0 aromatic heterocycles. The summed E-state index contributed by atoms with van der Waals surface area (Å²) in [5, 5.41) is 3.31. The number of hydrogen-bond donors (Lipinski definition) is 1.